The highest BCUT2D eigenvalue weighted by atomic mass is 79.9. The average molecular weight is 254 g/mol. The second-order valence-corrected chi connectivity index (χ2v) is 3.71. The summed E-state index contributed by atoms with van der Waals surface area (Å²) in [6, 6.07) is 5.47. The number of halogens is 1. The maximum absolute atomic E-state index is 11.4. The van der Waals surface area contributed by atoms with Crippen LogP contribution >= 0.6 is 15.9 Å². The van der Waals surface area contributed by atoms with E-state index in [0.717, 1.165) is 15.4 Å². The third-order valence-electron chi connectivity index (χ3n) is 2.06. The van der Waals surface area contributed by atoms with E-state index in [1.54, 1.807) is 12.3 Å². The molecule has 0 aliphatic rings. The molecular formula is C10H8BrNO2. The van der Waals surface area contributed by atoms with Crippen LogP contribution in [0.5, 0.6) is 0 Å². The van der Waals surface area contributed by atoms with Crippen LogP contribution in [0, 0.1) is 0 Å². The number of carbonyl (C=O) groups is 1. The number of methoxy groups -OCH3 is 1. The van der Waals surface area contributed by atoms with Gasteiger partial charge in [0.25, 0.3) is 0 Å². The average Bonchev–Trinajstić information content (AvgIpc) is 2.59. The van der Waals surface area contributed by atoms with Gasteiger partial charge in [-0.2, -0.15) is 0 Å². The first-order chi connectivity index (χ1) is 6.74. The predicted octanol–water partition coefficient (Wildman–Crippen LogP) is 2.72. The van der Waals surface area contributed by atoms with Crippen molar-refractivity contribution in [2.75, 3.05) is 7.11 Å². The molecule has 0 unspecified atom stereocenters. The van der Waals surface area contributed by atoms with Gasteiger partial charge in [-0.3, -0.25) is 0 Å². The monoisotopic (exact) mass is 253 g/mol. The maximum atomic E-state index is 11.4. The molecular weight excluding hydrogens is 246 g/mol. The van der Waals surface area contributed by atoms with Crippen molar-refractivity contribution < 1.29 is 9.53 Å². The molecule has 0 fully saturated rings. The van der Waals surface area contributed by atoms with Gasteiger partial charge in [-0.05, 0) is 28.1 Å². The summed E-state index contributed by atoms with van der Waals surface area (Å²) >= 11 is 3.38. The van der Waals surface area contributed by atoms with Crippen molar-refractivity contribution in [1.82, 2.24) is 4.98 Å². The molecule has 2 rings (SSSR count). The molecule has 3 nitrogen and oxygen atoms in total. The molecule has 0 radical (unpaired) electrons. The molecule has 1 heterocycles. The van der Waals surface area contributed by atoms with Crippen LogP contribution in [0.15, 0.2) is 28.9 Å². The number of aromatic nitrogens is 1. The Balaban J connectivity index is 2.75. The normalized spacial score (nSPS) is 10.4. The number of benzene rings is 1. The quantitative estimate of drug-likeness (QED) is 0.795. The topological polar surface area (TPSA) is 42.1 Å². The second-order valence-electron chi connectivity index (χ2n) is 2.86. The van der Waals surface area contributed by atoms with Crippen molar-refractivity contribution in [2.45, 2.75) is 0 Å². The van der Waals surface area contributed by atoms with E-state index in [4.69, 9.17) is 4.74 Å². The first kappa shape index (κ1) is 9.27. The van der Waals surface area contributed by atoms with E-state index in [0.29, 0.717) is 5.56 Å². The van der Waals surface area contributed by atoms with E-state index >= 15 is 0 Å². The third-order valence-corrected chi connectivity index (χ3v) is 2.69. The first-order valence-corrected chi connectivity index (χ1v) is 4.87. The fraction of sp³-hybridized carbons (Fsp3) is 0.100. The van der Waals surface area contributed by atoms with Crippen molar-refractivity contribution in [3.63, 3.8) is 0 Å². The molecule has 1 aromatic carbocycles. The van der Waals surface area contributed by atoms with Crippen LogP contribution < -0.4 is 0 Å². The van der Waals surface area contributed by atoms with Crippen LogP contribution in [0.25, 0.3) is 10.9 Å². The number of nitrogens with one attached hydrogen (secondary N) is 1. The Morgan fingerprint density at radius 3 is 3.00 bits per heavy atom. The third kappa shape index (κ3) is 1.32. The van der Waals surface area contributed by atoms with Gasteiger partial charge in [-0.15, -0.1) is 0 Å². The van der Waals surface area contributed by atoms with Gasteiger partial charge in [0.1, 0.15) is 0 Å². The SMILES string of the molecule is COC(=O)c1cccc2[nH]cc(Br)c12. The summed E-state index contributed by atoms with van der Waals surface area (Å²) in [6.07, 6.45) is 1.80. The molecule has 0 saturated carbocycles. The van der Waals surface area contributed by atoms with Crippen molar-refractivity contribution in [3.05, 3.63) is 34.4 Å². The zero-order chi connectivity index (χ0) is 10.1. The Hall–Kier alpha value is -1.29. The summed E-state index contributed by atoms with van der Waals surface area (Å²) in [4.78, 5) is 14.5. The lowest BCUT2D eigenvalue weighted by Crippen LogP contribution is -2.01. The first-order valence-electron chi connectivity index (χ1n) is 4.08. The van der Waals surface area contributed by atoms with Crippen LogP contribution in [-0.2, 0) is 4.74 Å². The van der Waals surface area contributed by atoms with Crippen molar-refractivity contribution in [3.8, 4) is 0 Å². The van der Waals surface area contributed by atoms with Gasteiger partial charge in [0.15, 0.2) is 0 Å². The van der Waals surface area contributed by atoms with Gasteiger partial charge in [0.2, 0.25) is 0 Å². The Morgan fingerprint density at radius 1 is 1.50 bits per heavy atom. The summed E-state index contributed by atoms with van der Waals surface area (Å²) in [5, 5.41) is 0.861. The van der Waals surface area contributed by atoms with Gasteiger partial charge < -0.3 is 9.72 Å². The van der Waals surface area contributed by atoms with Gasteiger partial charge in [0.05, 0.1) is 12.7 Å². The van der Waals surface area contributed by atoms with Crippen molar-refractivity contribution in [2.24, 2.45) is 0 Å². The van der Waals surface area contributed by atoms with Crippen molar-refractivity contribution in [1.29, 1.82) is 0 Å². The number of carbonyl (C=O) groups excluding carboxylic acids is 1. The standard InChI is InChI=1S/C10H8BrNO2/c1-14-10(13)6-3-2-4-8-9(6)7(11)5-12-8/h2-5,12H,1H3. The highest BCUT2D eigenvalue weighted by Gasteiger charge is 2.12. The minimum absolute atomic E-state index is 0.323. The Kier molecular flexibility index (Phi) is 2.29. The summed E-state index contributed by atoms with van der Waals surface area (Å²) in [5.41, 5.74) is 1.48. The zero-order valence-corrected chi connectivity index (χ0v) is 9.09. The summed E-state index contributed by atoms with van der Waals surface area (Å²) in [7, 11) is 1.38. The minimum Gasteiger partial charge on any atom is -0.465 e. The van der Waals surface area contributed by atoms with Gasteiger partial charge in [0, 0.05) is 21.6 Å². The van der Waals surface area contributed by atoms with E-state index < -0.39 is 0 Å². The fourth-order valence-electron chi connectivity index (χ4n) is 1.42. The number of hydrogen-bond acceptors (Lipinski definition) is 2. The van der Waals surface area contributed by atoms with Crippen LogP contribution in [0.3, 0.4) is 0 Å². The fourth-order valence-corrected chi connectivity index (χ4v) is 1.96. The number of rotatable bonds is 1. The van der Waals surface area contributed by atoms with Crippen LogP contribution in [0.4, 0.5) is 0 Å². The van der Waals surface area contributed by atoms with Crippen LogP contribution in [0.2, 0.25) is 0 Å². The molecule has 0 aliphatic heterocycles. The van der Waals surface area contributed by atoms with E-state index in [1.165, 1.54) is 7.11 Å². The largest absolute Gasteiger partial charge is 0.465 e. The highest BCUT2D eigenvalue weighted by molar-refractivity contribution is 9.10. The second kappa shape index (κ2) is 3.46. The molecule has 1 N–H and O–H groups in total. The number of H-pyrrole nitrogens is 1. The number of ether oxygens (including phenoxy) is 1. The predicted molar refractivity (Wildman–Crippen MR) is 57.3 cm³/mol. The molecule has 0 spiro atoms. The minimum atomic E-state index is -0.323. The Morgan fingerprint density at radius 2 is 2.29 bits per heavy atom. The highest BCUT2D eigenvalue weighted by Crippen LogP contribution is 2.27. The van der Waals surface area contributed by atoms with E-state index in [-0.39, 0.29) is 5.97 Å². The van der Waals surface area contributed by atoms with E-state index in [9.17, 15) is 4.79 Å². The van der Waals surface area contributed by atoms with Crippen LogP contribution in [0.1, 0.15) is 10.4 Å². The number of fused-ring (bicyclic) bond motifs is 1. The molecule has 0 aliphatic carbocycles. The maximum Gasteiger partial charge on any atom is 0.338 e. The van der Waals surface area contributed by atoms with Gasteiger partial charge >= 0.3 is 5.97 Å². The summed E-state index contributed by atoms with van der Waals surface area (Å²) in [6.45, 7) is 0. The lowest BCUT2D eigenvalue weighted by Gasteiger charge is -2.00. The van der Waals surface area contributed by atoms with Crippen molar-refractivity contribution >= 4 is 32.8 Å². The molecule has 2 aromatic rings. The number of aromatic amines is 1. The molecule has 0 atom stereocenters. The molecule has 0 saturated heterocycles. The Bertz CT molecular complexity index is 490. The smallest absolute Gasteiger partial charge is 0.338 e. The van der Waals surface area contributed by atoms with Gasteiger partial charge in [-0.25, -0.2) is 4.79 Å². The molecule has 4 heteroatoms. The number of hydrogen-bond donors (Lipinski definition) is 1. The molecule has 72 valence electrons. The molecule has 0 bridgehead atoms. The van der Waals surface area contributed by atoms with E-state index in [2.05, 4.69) is 20.9 Å². The summed E-state index contributed by atoms with van der Waals surface area (Å²) in [5.74, 6) is -0.323. The molecule has 0 amide bonds. The lowest BCUT2D eigenvalue weighted by molar-refractivity contribution is 0.0603. The summed E-state index contributed by atoms with van der Waals surface area (Å²) < 4.78 is 5.56. The van der Waals surface area contributed by atoms with Crippen LogP contribution in [-0.4, -0.2) is 18.1 Å². The lowest BCUT2D eigenvalue weighted by atomic mass is 10.1. The molecule has 14 heavy (non-hydrogen) atoms. The Labute approximate surface area is 89.2 Å². The molecule has 1 aromatic heterocycles. The van der Waals surface area contributed by atoms with Gasteiger partial charge in [-0.1, -0.05) is 6.07 Å². The van der Waals surface area contributed by atoms with E-state index in [1.807, 2.05) is 12.1 Å². The number of esters is 1. The zero-order valence-electron chi connectivity index (χ0n) is 7.50.